The van der Waals surface area contributed by atoms with Gasteiger partial charge in [-0.25, -0.2) is 0 Å². The largest absolute Gasteiger partial charge is 0.457 e. The molecule has 26 heavy (non-hydrogen) atoms. The van der Waals surface area contributed by atoms with Crippen LogP contribution in [0.15, 0.2) is 77.0 Å². The number of carbonyl (C=O) groups is 1. The number of rotatable bonds is 7. The quantitative estimate of drug-likeness (QED) is 0.540. The first kappa shape index (κ1) is 19.6. The minimum absolute atomic E-state index is 0.249. The van der Waals surface area contributed by atoms with E-state index in [9.17, 15) is 4.79 Å². The molecule has 0 atom stereocenters. The topological polar surface area (TPSA) is 64.3 Å². The summed E-state index contributed by atoms with van der Waals surface area (Å²) in [5.74, 6) is 1.27. The van der Waals surface area contributed by atoms with Crippen molar-refractivity contribution in [3.63, 3.8) is 0 Å². The van der Waals surface area contributed by atoms with Gasteiger partial charge in [-0.05, 0) is 49.2 Å². The van der Waals surface area contributed by atoms with Crippen molar-refractivity contribution in [2.24, 2.45) is 5.73 Å². The summed E-state index contributed by atoms with van der Waals surface area (Å²) < 4.78 is 5.75. The maximum absolute atomic E-state index is 12.3. The predicted octanol–water partition coefficient (Wildman–Crippen LogP) is 4.86. The third-order valence-corrected chi connectivity index (χ3v) is 4.04. The lowest BCUT2D eigenvalue weighted by molar-refractivity contribution is -0.117. The molecule has 136 valence electrons. The van der Waals surface area contributed by atoms with E-state index in [0.717, 1.165) is 17.1 Å². The minimum Gasteiger partial charge on any atom is -0.457 e. The van der Waals surface area contributed by atoms with Gasteiger partial charge in [-0.2, -0.15) is 0 Å². The molecule has 0 fully saturated rings. The van der Waals surface area contributed by atoms with Gasteiger partial charge in [-0.1, -0.05) is 48.9 Å². The van der Waals surface area contributed by atoms with E-state index in [2.05, 4.69) is 5.32 Å². The number of hydrogen-bond donors (Lipinski definition) is 2. The van der Waals surface area contributed by atoms with Gasteiger partial charge in [0.1, 0.15) is 11.5 Å². The molecule has 2 aromatic carbocycles. The highest BCUT2D eigenvalue weighted by Gasteiger charge is 2.10. The first-order valence-electron chi connectivity index (χ1n) is 8.42. The average Bonchev–Trinajstić information content (AvgIpc) is 2.65. The van der Waals surface area contributed by atoms with Crippen molar-refractivity contribution in [3.05, 3.63) is 82.5 Å². The number of nitrogens with two attached hydrogens (primary N) is 1. The maximum Gasteiger partial charge on any atom is 0.253 e. The van der Waals surface area contributed by atoms with E-state index in [1.807, 2.05) is 61.5 Å². The first-order chi connectivity index (χ1) is 12.5. The van der Waals surface area contributed by atoms with Crippen LogP contribution in [0.1, 0.15) is 25.8 Å². The number of carbonyl (C=O) groups excluding carboxylic acids is 1. The fourth-order valence-corrected chi connectivity index (χ4v) is 2.30. The van der Waals surface area contributed by atoms with E-state index >= 15 is 0 Å². The van der Waals surface area contributed by atoms with Gasteiger partial charge < -0.3 is 15.8 Å². The summed E-state index contributed by atoms with van der Waals surface area (Å²) in [7, 11) is 0. The standard InChI is InChI=1S/C21H23ClN2O2/c1-3-17(22)13-20(15(2)23)21(25)24-14-16-9-11-19(12-10-16)26-18-7-5-4-6-8-18/h4-13H,3,14,23H2,1-2H3,(H,24,25)/b17-13+,20-15-. The van der Waals surface area contributed by atoms with Gasteiger partial charge in [0, 0.05) is 17.3 Å². The van der Waals surface area contributed by atoms with Crippen molar-refractivity contribution < 1.29 is 9.53 Å². The Kier molecular flexibility index (Phi) is 7.30. The molecule has 0 aliphatic carbocycles. The molecule has 0 saturated carbocycles. The molecule has 0 aliphatic heterocycles. The lowest BCUT2D eigenvalue weighted by Crippen LogP contribution is -2.25. The first-order valence-corrected chi connectivity index (χ1v) is 8.80. The third kappa shape index (κ3) is 5.97. The number of amides is 1. The van der Waals surface area contributed by atoms with E-state index in [-0.39, 0.29) is 5.91 Å². The number of halogens is 1. The van der Waals surface area contributed by atoms with Crippen LogP contribution in [0.2, 0.25) is 0 Å². The van der Waals surface area contributed by atoms with Crippen molar-refractivity contribution in [1.29, 1.82) is 0 Å². The van der Waals surface area contributed by atoms with Crippen LogP contribution in [0.3, 0.4) is 0 Å². The Bertz CT molecular complexity index is 793. The molecule has 4 nitrogen and oxygen atoms in total. The maximum atomic E-state index is 12.3. The molecule has 0 aromatic heterocycles. The van der Waals surface area contributed by atoms with Gasteiger partial charge in [-0.3, -0.25) is 4.79 Å². The van der Waals surface area contributed by atoms with Crippen molar-refractivity contribution in [2.45, 2.75) is 26.8 Å². The van der Waals surface area contributed by atoms with Crippen LogP contribution < -0.4 is 15.8 Å². The zero-order valence-corrected chi connectivity index (χ0v) is 15.7. The normalized spacial score (nSPS) is 12.3. The highest BCUT2D eigenvalue weighted by molar-refractivity contribution is 6.30. The second-order valence-corrected chi connectivity index (χ2v) is 6.27. The SMILES string of the molecule is CC/C(Cl)=C\C(C(=O)NCc1ccc(Oc2ccccc2)cc1)=C(/C)N. The van der Waals surface area contributed by atoms with Gasteiger partial charge in [0.05, 0.1) is 5.57 Å². The molecule has 5 heteroatoms. The van der Waals surface area contributed by atoms with Crippen LogP contribution in [0, 0.1) is 0 Å². The molecule has 1 amide bonds. The molecular weight excluding hydrogens is 348 g/mol. The average molecular weight is 371 g/mol. The van der Waals surface area contributed by atoms with Gasteiger partial charge in [-0.15, -0.1) is 0 Å². The number of allylic oxidation sites excluding steroid dienone is 2. The summed E-state index contributed by atoms with van der Waals surface area (Å²) in [4.78, 5) is 12.3. The highest BCUT2D eigenvalue weighted by Crippen LogP contribution is 2.21. The van der Waals surface area contributed by atoms with Crippen LogP contribution in [-0.2, 0) is 11.3 Å². The summed E-state index contributed by atoms with van der Waals surface area (Å²) in [6.07, 6.45) is 2.26. The summed E-state index contributed by atoms with van der Waals surface area (Å²) in [5.41, 5.74) is 7.58. The molecule has 0 aliphatic rings. The van der Waals surface area contributed by atoms with E-state index in [1.165, 1.54) is 0 Å². The lowest BCUT2D eigenvalue weighted by atomic mass is 10.1. The number of hydrogen-bond acceptors (Lipinski definition) is 3. The van der Waals surface area contributed by atoms with Crippen molar-refractivity contribution in [2.75, 3.05) is 0 Å². The van der Waals surface area contributed by atoms with E-state index in [1.54, 1.807) is 13.0 Å². The highest BCUT2D eigenvalue weighted by atomic mass is 35.5. The Hall–Kier alpha value is -2.72. The van der Waals surface area contributed by atoms with Crippen LogP contribution in [0.5, 0.6) is 11.5 Å². The second-order valence-electron chi connectivity index (χ2n) is 5.78. The second kappa shape index (κ2) is 9.68. The molecule has 0 spiro atoms. The molecule has 0 saturated heterocycles. The number of benzene rings is 2. The molecular formula is C21H23ClN2O2. The van der Waals surface area contributed by atoms with Gasteiger partial charge in [0.2, 0.25) is 0 Å². The predicted molar refractivity (Wildman–Crippen MR) is 106 cm³/mol. The third-order valence-electron chi connectivity index (χ3n) is 3.66. The van der Waals surface area contributed by atoms with Crippen molar-refractivity contribution in [3.8, 4) is 11.5 Å². The van der Waals surface area contributed by atoms with Gasteiger partial charge in [0.25, 0.3) is 5.91 Å². The van der Waals surface area contributed by atoms with Crippen LogP contribution in [-0.4, -0.2) is 5.91 Å². The van der Waals surface area contributed by atoms with E-state index in [0.29, 0.717) is 29.3 Å². The Balaban J connectivity index is 1.96. The Labute approximate surface area is 159 Å². The van der Waals surface area contributed by atoms with Gasteiger partial charge >= 0.3 is 0 Å². The summed E-state index contributed by atoms with van der Waals surface area (Å²) >= 11 is 6.03. The molecule has 0 radical (unpaired) electrons. The summed E-state index contributed by atoms with van der Waals surface area (Å²) in [5, 5.41) is 3.44. The molecule has 0 bridgehead atoms. The van der Waals surface area contributed by atoms with Crippen LogP contribution in [0.4, 0.5) is 0 Å². The van der Waals surface area contributed by atoms with Crippen molar-refractivity contribution in [1.82, 2.24) is 5.32 Å². The molecule has 0 unspecified atom stereocenters. The molecule has 2 rings (SSSR count). The fraction of sp³-hybridized carbons (Fsp3) is 0.190. The Morgan fingerprint density at radius 1 is 1.12 bits per heavy atom. The molecule has 3 N–H and O–H groups in total. The summed E-state index contributed by atoms with van der Waals surface area (Å²) in [6, 6.07) is 17.1. The smallest absolute Gasteiger partial charge is 0.253 e. The minimum atomic E-state index is -0.249. The van der Waals surface area contributed by atoms with Gasteiger partial charge in [0.15, 0.2) is 0 Å². The van der Waals surface area contributed by atoms with E-state index in [4.69, 9.17) is 22.1 Å². The summed E-state index contributed by atoms with van der Waals surface area (Å²) in [6.45, 7) is 3.99. The Morgan fingerprint density at radius 3 is 2.31 bits per heavy atom. The zero-order chi connectivity index (χ0) is 18.9. The van der Waals surface area contributed by atoms with Crippen LogP contribution >= 0.6 is 11.6 Å². The van der Waals surface area contributed by atoms with Crippen molar-refractivity contribution >= 4 is 17.5 Å². The zero-order valence-electron chi connectivity index (χ0n) is 15.0. The number of para-hydroxylation sites is 1. The fourth-order valence-electron chi connectivity index (χ4n) is 2.19. The molecule has 2 aromatic rings. The van der Waals surface area contributed by atoms with E-state index < -0.39 is 0 Å². The lowest BCUT2D eigenvalue weighted by Gasteiger charge is -2.10. The molecule has 0 heterocycles. The number of ether oxygens (including phenoxy) is 1. The monoisotopic (exact) mass is 370 g/mol. The van der Waals surface area contributed by atoms with Crippen LogP contribution in [0.25, 0.3) is 0 Å². The number of nitrogens with one attached hydrogen (secondary N) is 1. The Morgan fingerprint density at radius 2 is 1.73 bits per heavy atom.